The summed E-state index contributed by atoms with van der Waals surface area (Å²) < 4.78 is 68.8. The summed E-state index contributed by atoms with van der Waals surface area (Å²) in [6.07, 6.45) is 91.2. The van der Waals surface area contributed by atoms with E-state index in [9.17, 15) is 43.2 Å². The van der Waals surface area contributed by atoms with E-state index in [0.717, 1.165) is 212 Å². The minimum absolute atomic E-state index is 0.0689. The van der Waals surface area contributed by atoms with Crippen molar-refractivity contribution >= 4 is 39.5 Å². The van der Waals surface area contributed by atoms with Crippen LogP contribution in [0.15, 0.2) is 134 Å². The van der Waals surface area contributed by atoms with Crippen molar-refractivity contribution in [2.75, 3.05) is 39.6 Å². The summed E-state index contributed by atoms with van der Waals surface area (Å²) in [5.41, 5.74) is 0. The number of phosphoric acid groups is 2. The smallest absolute Gasteiger partial charge is 0.462 e. The molecule has 0 heterocycles. The first-order valence-corrected chi connectivity index (χ1v) is 45.4. The molecule has 0 amide bonds. The molecule has 0 aromatic carbocycles. The molecule has 5 unspecified atom stereocenters. The van der Waals surface area contributed by atoms with Crippen LogP contribution in [0.25, 0.3) is 0 Å². The lowest BCUT2D eigenvalue weighted by Gasteiger charge is -2.21. The van der Waals surface area contributed by atoms with Crippen molar-refractivity contribution in [2.45, 2.75) is 367 Å². The molecule has 0 aliphatic rings. The van der Waals surface area contributed by atoms with Gasteiger partial charge in [0, 0.05) is 25.7 Å². The zero-order valence-electron chi connectivity index (χ0n) is 68.0. The molecule has 3 N–H and O–H groups in total. The van der Waals surface area contributed by atoms with Gasteiger partial charge in [0.05, 0.1) is 26.4 Å². The number of aliphatic hydroxyl groups is 1. The zero-order chi connectivity index (χ0) is 78.9. The van der Waals surface area contributed by atoms with Crippen molar-refractivity contribution in [2.24, 2.45) is 0 Å². The summed E-state index contributed by atoms with van der Waals surface area (Å²) in [4.78, 5) is 73.2. The molecule has 5 atom stereocenters. The Kier molecular flexibility index (Phi) is 76.7. The maximum atomic E-state index is 13.1. The van der Waals surface area contributed by atoms with Crippen LogP contribution in [0, 0.1) is 0 Å². The second-order valence-electron chi connectivity index (χ2n) is 28.0. The Morgan fingerprint density at radius 2 is 0.481 bits per heavy atom. The lowest BCUT2D eigenvalue weighted by molar-refractivity contribution is -0.161. The summed E-state index contributed by atoms with van der Waals surface area (Å²) in [6, 6.07) is 0. The van der Waals surface area contributed by atoms with Crippen LogP contribution in [0.4, 0.5) is 0 Å². The minimum atomic E-state index is -4.99. The van der Waals surface area contributed by atoms with Crippen LogP contribution < -0.4 is 0 Å². The molecule has 0 aliphatic carbocycles. The third-order valence-electron chi connectivity index (χ3n) is 17.6. The van der Waals surface area contributed by atoms with Gasteiger partial charge in [-0.05, 0) is 161 Å². The van der Waals surface area contributed by atoms with Gasteiger partial charge in [-0.3, -0.25) is 37.3 Å². The lowest BCUT2D eigenvalue weighted by atomic mass is 10.1. The van der Waals surface area contributed by atoms with Crippen LogP contribution in [0.1, 0.15) is 349 Å². The largest absolute Gasteiger partial charge is 0.472 e. The van der Waals surface area contributed by atoms with Crippen molar-refractivity contribution < 1.29 is 80.2 Å². The third-order valence-corrected chi connectivity index (χ3v) is 19.5. The Hall–Kier alpha value is -4.80. The van der Waals surface area contributed by atoms with Gasteiger partial charge in [0.1, 0.15) is 19.3 Å². The molecule has 0 bridgehead atoms. The van der Waals surface area contributed by atoms with Gasteiger partial charge in [-0.1, -0.05) is 296 Å². The lowest BCUT2D eigenvalue weighted by Crippen LogP contribution is -2.30. The third kappa shape index (κ3) is 79.3. The molecule has 0 aromatic heterocycles. The van der Waals surface area contributed by atoms with E-state index in [0.29, 0.717) is 25.7 Å². The van der Waals surface area contributed by atoms with Crippen LogP contribution in [-0.2, 0) is 65.4 Å². The molecule has 0 saturated heterocycles. The standard InChI is InChI=1S/C89H152O17P2/c1-5-9-13-17-21-25-29-33-37-39-41-43-47-49-53-57-61-65-69-73-86(91)99-79-84(105-88(93)75-71-67-63-59-55-51-45-35-31-27-23-19-15-11-7-3)81-103-107(95,96)101-77-83(90)78-102-108(97,98)104-82-85(106-89(94)76-72-68-64-60-56-52-46-36-32-28-24-20-16-12-8-4)80-100-87(92)74-70-66-62-58-54-50-48-44-42-40-38-34-30-26-22-18-14-10-6-2/h9,11,13,15,21-23,25-27,33-38,41-46,83-85,90H,5-8,10,12,14,16-20,24,28-32,39-40,47-82H2,1-4H3,(H,95,96)(H,97,98)/b13-9-,15-11-,25-21-,26-22-,27-23-,37-33-,38-34-,43-41-,44-42-,45-35-,46-36-. The van der Waals surface area contributed by atoms with E-state index in [1.807, 2.05) is 0 Å². The van der Waals surface area contributed by atoms with E-state index in [2.05, 4.69) is 161 Å². The SMILES string of the molecule is CC/C=C\C/C=C\C/C=C\C/C=C\CCCCCCCCC(=O)OCC(COP(=O)(O)OCC(O)COP(=O)(O)OCC(COC(=O)CCCCCCCC/C=C\C/C=C\C/C=C\CCCCC)OC(=O)CCCCCCC/C=C\CCCCCCCC)OC(=O)CCCCCCC/C=C\C/C=C\C/C=C\CC. The van der Waals surface area contributed by atoms with Gasteiger partial charge in [0.2, 0.25) is 0 Å². The van der Waals surface area contributed by atoms with Gasteiger partial charge in [0.25, 0.3) is 0 Å². The van der Waals surface area contributed by atoms with Gasteiger partial charge in [-0.2, -0.15) is 0 Å². The highest BCUT2D eigenvalue weighted by molar-refractivity contribution is 7.47. The molecular formula is C89H152O17P2. The molecule has 17 nitrogen and oxygen atoms in total. The molecule has 0 aliphatic heterocycles. The number of unbranched alkanes of at least 4 members (excludes halogenated alkanes) is 31. The molecule has 620 valence electrons. The monoisotopic (exact) mass is 1560 g/mol. The fraction of sp³-hybridized carbons (Fsp3) is 0.708. The van der Waals surface area contributed by atoms with Crippen LogP contribution in [0.3, 0.4) is 0 Å². The number of carbonyl (C=O) groups is 4. The van der Waals surface area contributed by atoms with Crippen LogP contribution >= 0.6 is 15.6 Å². The normalized spacial score (nSPS) is 14.5. The summed E-state index contributed by atoms with van der Waals surface area (Å²) in [6.45, 7) is 4.60. The molecule has 0 aromatic rings. The van der Waals surface area contributed by atoms with Crippen LogP contribution in [0.5, 0.6) is 0 Å². The predicted octanol–water partition coefficient (Wildman–Crippen LogP) is 25.2. The summed E-state index contributed by atoms with van der Waals surface area (Å²) in [7, 11) is -9.98. The Morgan fingerprint density at radius 1 is 0.269 bits per heavy atom. The van der Waals surface area contributed by atoms with Crippen LogP contribution in [-0.4, -0.2) is 96.7 Å². The Bertz CT molecular complexity index is 2560. The van der Waals surface area contributed by atoms with E-state index in [1.54, 1.807) is 0 Å². The second-order valence-corrected chi connectivity index (χ2v) is 30.9. The minimum Gasteiger partial charge on any atom is -0.462 e. The summed E-state index contributed by atoms with van der Waals surface area (Å²) >= 11 is 0. The van der Waals surface area contributed by atoms with E-state index in [-0.39, 0.29) is 25.7 Å². The molecule has 0 fully saturated rings. The van der Waals surface area contributed by atoms with E-state index >= 15 is 0 Å². The second kappa shape index (κ2) is 80.3. The number of allylic oxidation sites excluding steroid dienone is 22. The van der Waals surface area contributed by atoms with Gasteiger partial charge in [-0.25, -0.2) is 9.13 Å². The van der Waals surface area contributed by atoms with Gasteiger partial charge < -0.3 is 33.8 Å². The number of ether oxygens (including phenoxy) is 4. The van der Waals surface area contributed by atoms with Gasteiger partial charge >= 0.3 is 39.5 Å². The molecule has 0 saturated carbocycles. The van der Waals surface area contributed by atoms with E-state index in [4.69, 9.17) is 37.0 Å². The average Bonchev–Trinajstić information content (AvgIpc) is 0.923. The van der Waals surface area contributed by atoms with Crippen LogP contribution in [0.2, 0.25) is 0 Å². The molecule has 108 heavy (non-hydrogen) atoms. The molecule has 0 spiro atoms. The number of rotatable bonds is 79. The fourth-order valence-electron chi connectivity index (χ4n) is 11.2. The topological polar surface area (TPSA) is 237 Å². The highest BCUT2D eigenvalue weighted by atomic mass is 31.2. The van der Waals surface area contributed by atoms with Gasteiger partial charge in [0.15, 0.2) is 12.2 Å². The predicted molar refractivity (Wildman–Crippen MR) is 445 cm³/mol. The molecule has 19 heteroatoms. The zero-order valence-corrected chi connectivity index (χ0v) is 69.8. The number of phosphoric ester groups is 2. The highest BCUT2D eigenvalue weighted by Crippen LogP contribution is 2.45. The maximum absolute atomic E-state index is 13.1. The molecular weight excluding hydrogens is 1400 g/mol. The molecule has 0 rings (SSSR count). The highest BCUT2D eigenvalue weighted by Gasteiger charge is 2.30. The number of hydrogen-bond acceptors (Lipinski definition) is 15. The van der Waals surface area contributed by atoms with Gasteiger partial charge in [-0.15, -0.1) is 0 Å². The molecule has 0 radical (unpaired) electrons. The summed E-state index contributed by atoms with van der Waals surface area (Å²) in [5, 5.41) is 10.7. The van der Waals surface area contributed by atoms with Crippen molar-refractivity contribution in [3.05, 3.63) is 134 Å². The number of carbonyl (C=O) groups excluding carboxylic acids is 4. The maximum Gasteiger partial charge on any atom is 0.472 e. The number of hydrogen-bond donors (Lipinski definition) is 3. The van der Waals surface area contributed by atoms with Crippen molar-refractivity contribution in [3.63, 3.8) is 0 Å². The Morgan fingerprint density at radius 3 is 0.769 bits per heavy atom. The quantitative estimate of drug-likeness (QED) is 0.0169. The van der Waals surface area contributed by atoms with E-state index < -0.39 is 97.5 Å². The number of esters is 4. The Balaban J connectivity index is 5.40. The fourth-order valence-corrected chi connectivity index (χ4v) is 12.7. The van der Waals surface area contributed by atoms with E-state index in [1.165, 1.54) is 57.8 Å². The van der Waals surface area contributed by atoms with Crippen molar-refractivity contribution in [1.29, 1.82) is 0 Å². The average molecular weight is 1560 g/mol. The first-order chi connectivity index (χ1) is 52.7. The first-order valence-electron chi connectivity index (χ1n) is 42.4. The van der Waals surface area contributed by atoms with Crippen molar-refractivity contribution in [3.8, 4) is 0 Å². The van der Waals surface area contributed by atoms with Crippen molar-refractivity contribution in [1.82, 2.24) is 0 Å². The summed E-state index contributed by atoms with van der Waals surface area (Å²) in [5.74, 6) is -2.22. The Labute approximate surface area is 656 Å². The number of aliphatic hydroxyl groups excluding tert-OH is 1. The first kappa shape index (κ1) is 103.